The van der Waals surface area contributed by atoms with Crippen LogP contribution in [0.15, 0.2) is 11.4 Å². The molecule has 1 unspecified atom stereocenters. The van der Waals surface area contributed by atoms with Gasteiger partial charge in [0.05, 0.1) is 5.56 Å². The van der Waals surface area contributed by atoms with Gasteiger partial charge in [0.2, 0.25) is 5.88 Å². The molecule has 13 heavy (non-hydrogen) atoms. The van der Waals surface area contributed by atoms with E-state index in [-0.39, 0.29) is 10.6 Å². The van der Waals surface area contributed by atoms with E-state index in [2.05, 4.69) is 30.7 Å². The summed E-state index contributed by atoms with van der Waals surface area (Å²) >= 11 is 1.70. The Balaban J connectivity index is 2.57. The molecule has 70 valence electrons. The number of hydrogen-bond acceptors (Lipinski definition) is 4. The molecule has 0 aromatic carbocycles. The Bertz CT molecular complexity index is 351. The summed E-state index contributed by atoms with van der Waals surface area (Å²) in [6.07, 6.45) is 1.41. The van der Waals surface area contributed by atoms with Gasteiger partial charge in [0, 0.05) is 10.7 Å². The van der Waals surface area contributed by atoms with Gasteiger partial charge in [0.15, 0.2) is 0 Å². The summed E-state index contributed by atoms with van der Waals surface area (Å²) in [5, 5.41) is 10.5. The molecule has 0 spiro atoms. The van der Waals surface area contributed by atoms with Crippen molar-refractivity contribution in [3.8, 4) is 5.88 Å². The first-order valence-corrected chi connectivity index (χ1v) is 5.07. The summed E-state index contributed by atoms with van der Waals surface area (Å²) in [6.45, 7) is 6.41. The molecule has 0 bridgehead atoms. The van der Waals surface area contributed by atoms with E-state index >= 15 is 0 Å². The van der Waals surface area contributed by atoms with E-state index in [0.717, 1.165) is 10.6 Å². The predicted octanol–water partition coefficient (Wildman–Crippen LogP) is 2.17. The first kappa shape index (κ1) is 8.81. The second kappa shape index (κ2) is 2.61. The molecular weight excluding hydrogens is 184 g/mol. The number of aromatic nitrogens is 2. The van der Waals surface area contributed by atoms with Gasteiger partial charge in [-0.05, 0) is 13.8 Å². The molecule has 3 nitrogen and oxygen atoms in total. The van der Waals surface area contributed by atoms with E-state index in [1.54, 1.807) is 11.8 Å². The molecule has 1 aliphatic heterocycles. The lowest BCUT2D eigenvalue weighted by molar-refractivity contribution is 0.430. The third-order valence-corrected chi connectivity index (χ3v) is 4.06. The molecule has 1 aliphatic rings. The van der Waals surface area contributed by atoms with Crippen LogP contribution < -0.4 is 0 Å². The van der Waals surface area contributed by atoms with Crippen LogP contribution in [0, 0.1) is 0 Å². The molecule has 1 aromatic rings. The topological polar surface area (TPSA) is 46.0 Å². The van der Waals surface area contributed by atoms with Crippen molar-refractivity contribution in [2.24, 2.45) is 0 Å². The lowest BCUT2D eigenvalue weighted by Crippen LogP contribution is -2.17. The average molecular weight is 196 g/mol. The zero-order valence-corrected chi connectivity index (χ0v) is 8.72. The fourth-order valence-electron chi connectivity index (χ4n) is 1.52. The second-order valence-electron chi connectivity index (χ2n) is 3.84. The molecular formula is C9H12N2OS. The van der Waals surface area contributed by atoms with Crippen LogP contribution in [-0.2, 0) is 0 Å². The Kier molecular flexibility index (Phi) is 1.77. The largest absolute Gasteiger partial charge is 0.493 e. The zero-order chi connectivity index (χ0) is 9.64. The van der Waals surface area contributed by atoms with Crippen LogP contribution in [0.4, 0.5) is 0 Å². The van der Waals surface area contributed by atoms with Crippen molar-refractivity contribution >= 4 is 11.8 Å². The number of aromatic hydroxyl groups is 1. The highest BCUT2D eigenvalue weighted by atomic mass is 32.2. The van der Waals surface area contributed by atoms with E-state index in [9.17, 15) is 5.11 Å². The molecule has 2 rings (SSSR count). The van der Waals surface area contributed by atoms with Crippen molar-refractivity contribution in [1.82, 2.24) is 9.97 Å². The third kappa shape index (κ3) is 1.20. The highest BCUT2D eigenvalue weighted by Gasteiger charge is 2.40. The summed E-state index contributed by atoms with van der Waals surface area (Å²) in [7, 11) is 0. The highest BCUT2D eigenvalue weighted by Crippen LogP contribution is 2.53. The third-order valence-electron chi connectivity index (χ3n) is 2.66. The minimum atomic E-state index is 0.107. The molecule has 0 radical (unpaired) electrons. The Morgan fingerprint density at radius 2 is 2.15 bits per heavy atom. The van der Waals surface area contributed by atoms with Gasteiger partial charge in [-0.1, -0.05) is 18.7 Å². The molecule has 0 aliphatic carbocycles. The molecule has 0 saturated heterocycles. The van der Waals surface area contributed by atoms with Crippen LogP contribution in [0.3, 0.4) is 0 Å². The van der Waals surface area contributed by atoms with E-state index < -0.39 is 0 Å². The second-order valence-corrected chi connectivity index (χ2v) is 5.49. The number of hydrogen-bond donors (Lipinski definition) is 1. The highest BCUT2D eigenvalue weighted by molar-refractivity contribution is 8.01. The van der Waals surface area contributed by atoms with Gasteiger partial charge >= 0.3 is 0 Å². The van der Waals surface area contributed by atoms with Crippen molar-refractivity contribution in [1.29, 1.82) is 0 Å². The van der Waals surface area contributed by atoms with Crippen molar-refractivity contribution < 1.29 is 5.11 Å². The summed E-state index contributed by atoms with van der Waals surface area (Å²) in [6, 6.07) is 0. The zero-order valence-electron chi connectivity index (χ0n) is 7.90. The maximum atomic E-state index is 9.57. The smallest absolute Gasteiger partial charge is 0.218 e. The van der Waals surface area contributed by atoms with E-state index in [4.69, 9.17) is 0 Å². The quantitative estimate of drug-likeness (QED) is 0.646. The number of fused-ring (bicyclic) bond motifs is 1. The molecule has 0 saturated carbocycles. The van der Waals surface area contributed by atoms with E-state index in [0.29, 0.717) is 5.92 Å². The molecule has 4 heteroatoms. The fourth-order valence-corrected chi connectivity index (χ4v) is 2.79. The maximum Gasteiger partial charge on any atom is 0.218 e. The lowest BCUT2D eigenvalue weighted by Gasteiger charge is -2.21. The van der Waals surface area contributed by atoms with Gasteiger partial charge < -0.3 is 5.11 Å². The van der Waals surface area contributed by atoms with Crippen molar-refractivity contribution in [2.45, 2.75) is 36.5 Å². The van der Waals surface area contributed by atoms with E-state index in [1.807, 2.05) is 0 Å². The van der Waals surface area contributed by atoms with Crippen molar-refractivity contribution in [3.05, 3.63) is 11.9 Å². The van der Waals surface area contributed by atoms with E-state index in [1.165, 1.54) is 6.33 Å². The maximum absolute atomic E-state index is 9.57. The Morgan fingerprint density at radius 1 is 1.46 bits per heavy atom. The number of nitrogens with zero attached hydrogens (tertiary/aromatic N) is 2. The number of thioether (sulfide) groups is 1. The van der Waals surface area contributed by atoms with Crippen LogP contribution in [0.25, 0.3) is 0 Å². The van der Waals surface area contributed by atoms with Crippen LogP contribution in [0.2, 0.25) is 0 Å². The van der Waals surface area contributed by atoms with Gasteiger partial charge in [-0.2, -0.15) is 0 Å². The van der Waals surface area contributed by atoms with Crippen molar-refractivity contribution in [2.75, 3.05) is 0 Å². The lowest BCUT2D eigenvalue weighted by atomic mass is 9.91. The Morgan fingerprint density at radius 3 is 2.77 bits per heavy atom. The predicted molar refractivity (Wildman–Crippen MR) is 52.0 cm³/mol. The SMILES string of the molecule is CC1c2c(O)ncnc2SC1(C)C. The summed E-state index contributed by atoms with van der Waals surface area (Å²) < 4.78 is 0.107. The summed E-state index contributed by atoms with van der Waals surface area (Å²) in [5.41, 5.74) is 0.900. The first-order chi connectivity index (χ1) is 6.02. The van der Waals surface area contributed by atoms with Crippen LogP contribution in [-0.4, -0.2) is 19.8 Å². The van der Waals surface area contributed by atoms with Crippen LogP contribution in [0.5, 0.6) is 5.88 Å². The Hall–Kier alpha value is -0.770. The monoisotopic (exact) mass is 196 g/mol. The van der Waals surface area contributed by atoms with Gasteiger partial charge in [0.25, 0.3) is 0 Å². The van der Waals surface area contributed by atoms with Gasteiger partial charge in [-0.15, -0.1) is 0 Å². The molecule has 1 atom stereocenters. The van der Waals surface area contributed by atoms with Gasteiger partial charge in [0.1, 0.15) is 11.4 Å². The Labute approximate surface area is 81.6 Å². The average Bonchev–Trinajstić information content (AvgIpc) is 2.24. The normalized spacial score (nSPS) is 24.4. The molecule has 1 N–H and O–H groups in total. The van der Waals surface area contributed by atoms with Gasteiger partial charge in [-0.3, -0.25) is 0 Å². The van der Waals surface area contributed by atoms with Gasteiger partial charge in [-0.25, -0.2) is 9.97 Å². The number of rotatable bonds is 0. The first-order valence-electron chi connectivity index (χ1n) is 4.25. The minimum Gasteiger partial charge on any atom is -0.493 e. The molecule has 0 amide bonds. The molecule has 2 heterocycles. The summed E-state index contributed by atoms with van der Waals surface area (Å²) in [4.78, 5) is 7.96. The van der Waals surface area contributed by atoms with Crippen molar-refractivity contribution in [3.63, 3.8) is 0 Å². The fraction of sp³-hybridized carbons (Fsp3) is 0.556. The minimum absolute atomic E-state index is 0.107. The standard InChI is InChI=1S/C9H12N2OS/c1-5-6-7(12)10-4-11-8(6)13-9(5,2)3/h4-5H,1-3H3,(H,10,11,12). The molecule has 0 fully saturated rings. The van der Waals surface area contributed by atoms with Crippen LogP contribution >= 0.6 is 11.8 Å². The molecule has 1 aromatic heterocycles. The van der Waals surface area contributed by atoms with Crippen LogP contribution in [0.1, 0.15) is 32.3 Å². The summed E-state index contributed by atoms with van der Waals surface area (Å²) in [5.74, 6) is 0.435.